The van der Waals surface area contributed by atoms with Crippen molar-refractivity contribution in [1.82, 2.24) is 9.78 Å². The molecule has 0 saturated heterocycles. The molecule has 27 heavy (non-hydrogen) atoms. The van der Waals surface area contributed by atoms with Crippen LogP contribution in [0.2, 0.25) is 0 Å². The second kappa shape index (κ2) is 8.33. The summed E-state index contributed by atoms with van der Waals surface area (Å²) >= 11 is 0. The molecule has 0 aliphatic rings. The maximum atomic E-state index is 12.5. The molecule has 2 aromatic carbocycles. The number of hydrogen-bond acceptors (Lipinski definition) is 5. The quantitative estimate of drug-likeness (QED) is 0.667. The van der Waals surface area contributed by atoms with Crippen molar-refractivity contribution in [2.75, 3.05) is 31.5 Å². The van der Waals surface area contributed by atoms with E-state index in [4.69, 9.17) is 9.47 Å². The lowest BCUT2D eigenvalue weighted by Gasteiger charge is -2.14. The van der Waals surface area contributed by atoms with Crippen LogP contribution < -0.4 is 15.4 Å². The van der Waals surface area contributed by atoms with Crippen molar-refractivity contribution in [3.8, 4) is 5.75 Å². The van der Waals surface area contributed by atoms with E-state index in [0.29, 0.717) is 17.1 Å². The van der Waals surface area contributed by atoms with E-state index in [9.17, 15) is 9.59 Å². The molecule has 0 bridgehead atoms. The van der Waals surface area contributed by atoms with Gasteiger partial charge in [-0.1, -0.05) is 18.2 Å². The molecule has 3 aromatic rings. The van der Waals surface area contributed by atoms with E-state index >= 15 is 0 Å². The van der Waals surface area contributed by atoms with Crippen LogP contribution in [0.1, 0.15) is 0 Å². The molecule has 0 spiro atoms. The molecule has 2 amide bonds. The fraction of sp³-hybridized carbons (Fsp3) is 0.211. The SMILES string of the molecule is COCC(=O)Nc1ccc(OC)cc1NC(=O)Cn1ncc2ccccc21. The zero-order valence-electron chi connectivity index (χ0n) is 15.1. The minimum absolute atomic E-state index is 0.0379. The highest BCUT2D eigenvalue weighted by Crippen LogP contribution is 2.27. The molecule has 0 unspecified atom stereocenters. The van der Waals surface area contributed by atoms with Crippen molar-refractivity contribution in [3.05, 3.63) is 48.7 Å². The Morgan fingerprint density at radius 3 is 2.59 bits per heavy atom. The molecule has 0 saturated carbocycles. The number of para-hydroxylation sites is 1. The molecule has 0 fully saturated rings. The van der Waals surface area contributed by atoms with E-state index in [1.807, 2.05) is 24.3 Å². The lowest BCUT2D eigenvalue weighted by atomic mass is 10.2. The van der Waals surface area contributed by atoms with Gasteiger partial charge in [-0.15, -0.1) is 0 Å². The highest BCUT2D eigenvalue weighted by molar-refractivity contribution is 6.00. The topological polar surface area (TPSA) is 94.5 Å². The Balaban J connectivity index is 1.78. The largest absolute Gasteiger partial charge is 0.497 e. The van der Waals surface area contributed by atoms with Gasteiger partial charge in [-0.05, 0) is 18.2 Å². The standard InChI is InChI=1S/C19H20N4O4/c1-26-12-19(25)21-15-8-7-14(27-2)9-16(15)22-18(24)11-23-17-6-4-3-5-13(17)10-20-23/h3-10H,11-12H2,1-2H3,(H,21,25)(H,22,24). The van der Waals surface area contributed by atoms with Gasteiger partial charge < -0.3 is 20.1 Å². The normalized spacial score (nSPS) is 10.6. The number of carbonyl (C=O) groups is 2. The third kappa shape index (κ3) is 4.42. The summed E-state index contributed by atoms with van der Waals surface area (Å²) < 4.78 is 11.6. The Hall–Kier alpha value is -3.39. The highest BCUT2D eigenvalue weighted by Gasteiger charge is 2.13. The van der Waals surface area contributed by atoms with Gasteiger partial charge in [0.2, 0.25) is 11.8 Å². The summed E-state index contributed by atoms with van der Waals surface area (Å²) in [4.78, 5) is 24.4. The number of nitrogens with zero attached hydrogens (tertiary/aromatic N) is 2. The number of ether oxygens (including phenoxy) is 2. The molecule has 2 N–H and O–H groups in total. The molecule has 0 aliphatic heterocycles. The number of carbonyl (C=O) groups excluding carboxylic acids is 2. The van der Waals surface area contributed by atoms with Crippen molar-refractivity contribution in [2.45, 2.75) is 6.54 Å². The first-order chi connectivity index (χ1) is 13.1. The van der Waals surface area contributed by atoms with Crippen molar-refractivity contribution in [3.63, 3.8) is 0 Å². The van der Waals surface area contributed by atoms with E-state index < -0.39 is 0 Å². The monoisotopic (exact) mass is 368 g/mol. The lowest BCUT2D eigenvalue weighted by Crippen LogP contribution is -2.22. The van der Waals surface area contributed by atoms with Gasteiger partial charge in [0.15, 0.2) is 0 Å². The Morgan fingerprint density at radius 1 is 1.04 bits per heavy atom. The van der Waals surface area contributed by atoms with Gasteiger partial charge in [-0.2, -0.15) is 5.10 Å². The van der Waals surface area contributed by atoms with Crippen LogP contribution >= 0.6 is 0 Å². The van der Waals surface area contributed by atoms with E-state index in [1.165, 1.54) is 14.2 Å². The number of nitrogens with one attached hydrogen (secondary N) is 2. The summed E-state index contributed by atoms with van der Waals surface area (Å²) in [5.74, 6) is -0.0461. The number of rotatable bonds is 7. The number of methoxy groups -OCH3 is 2. The molecule has 3 rings (SSSR count). The van der Waals surface area contributed by atoms with Gasteiger partial charge in [-0.25, -0.2) is 0 Å². The average molecular weight is 368 g/mol. The predicted octanol–water partition coefficient (Wildman–Crippen LogP) is 2.27. The second-order valence-corrected chi connectivity index (χ2v) is 5.80. The maximum Gasteiger partial charge on any atom is 0.250 e. The molecule has 8 nitrogen and oxygen atoms in total. The molecular formula is C19H20N4O4. The molecule has 8 heteroatoms. The van der Waals surface area contributed by atoms with Gasteiger partial charge in [0, 0.05) is 18.6 Å². The summed E-state index contributed by atoms with van der Waals surface area (Å²) in [5.41, 5.74) is 1.75. The number of fused-ring (bicyclic) bond motifs is 1. The lowest BCUT2D eigenvalue weighted by molar-refractivity contribution is -0.119. The minimum Gasteiger partial charge on any atom is -0.497 e. The highest BCUT2D eigenvalue weighted by atomic mass is 16.5. The van der Waals surface area contributed by atoms with Crippen LogP contribution in [0.5, 0.6) is 5.75 Å². The van der Waals surface area contributed by atoms with Crippen LogP contribution in [-0.2, 0) is 20.9 Å². The second-order valence-electron chi connectivity index (χ2n) is 5.80. The summed E-state index contributed by atoms with van der Waals surface area (Å²) in [6.45, 7) is -0.0468. The van der Waals surface area contributed by atoms with E-state index in [-0.39, 0.29) is 25.0 Å². The third-order valence-electron chi connectivity index (χ3n) is 3.89. The van der Waals surface area contributed by atoms with Crippen molar-refractivity contribution in [1.29, 1.82) is 0 Å². The maximum absolute atomic E-state index is 12.5. The van der Waals surface area contributed by atoms with Crippen LogP contribution in [0.15, 0.2) is 48.7 Å². The van der Waals surface area contributed by atoms with Gasteiger partial charge in [0.25, 0.3) is 0 Å². The van der Waals surface area contributed by atoms with Crippen molar-refractivity contribution >= 4 is 34.1 Å². The average Bonchev–Trinajstić information content (AvgIpc) is 3.06. The molecule has 140 valence electrons. The number of benzene rings is 2. The minimum atomic E-state index is -0.323. The first-order valence-corrected chi connectivity index (χ1v) is 8.28. The molecular weight excluding hydrogens is 348 g/mol. The van der Waals surface area contributed by atoms with Crippen LogP contribution in [-0.4, -0.2) is 42.4 Å². The van der Waals surface area contributed by atoms with E-state index in [2.05, 4.69) is 15.7 Å². The van der Waals surface area contributed by atoms with Gasteiger partial charge >= 0.3 is 0 Å². The smallest absolute Gasteiger partial charge is 0.250 e. The van der Waals surface area contributed by atoms with E-state index in [0.717, 1.165) is 10.9 Å². The Bertz CT molecular complexity index is 967. The van der Waals surface area contributed by atoms with E-state index in [1.54, 1.807) is 29.1 Å². The molecule has 1 heterocycles. The van der Waals surface area contributed by atoms with Crippen molar-refractivity contribution < 1.29 is 19.1 Å². The first kappa shape index (κ1) is 18.4. The molecule has 0 atom stereocenters. The third-order valence-corrected chi connectivity index (χ3v) is 3.89. The summed E-state index contributed by atoms with van der Waals surface area (Å²) in [5, 5.41) is 10.7. The fourth-order valence-electron chi connectivity index (χ4n) is 2.66. The van der Waals surface area contributed by atoms with Crippen LogP contribution in [0.3, 0.4) is 0 Å². The predicted molar refractivity (Wildman–Crippen MR) is 102 cm³/mol. The van der Waals surface area contributed by atoms with Gasteiger partial charge in [0.1, 0.15) is 18.9 Å². The fourth-order valence-corrected chi connectivity index (χ4v) is 2.66. The number of amides is 2. The number of aromatic nitrogens is 2. The Morgan fingerprint density at radius 2 is 1.81 bits per heavy atom. The molecule has 0 radical (unpaired) electrons. The zero-order valence-corrected chi connectivity index (χ0v) is 15.1. The summed E-state index contributed by atoms with van der Waals surface area (Å²) in [6.07, 6.45) is 1.71. The zero-order chi connectivity index (χ0) is 19.2. The first-order valence-electron chi connectivity index (χ1n) is 8.28. The van der Waals surface area contributed by atoms with Crippen LogP contribution in [0.25, 0.3) is 10.9 Å². The van der Waals surface area contributed by atoms with Crippen LogP contribution in [0, 0.1) is 0 Å². The summed E-state index contributed by atoms with van der Waals surface area (Å²) in [7, 11) is 2.96. The Kier molecular flexibility index (Phi) is 5.68. The number of hydrogen-bond donors (Lipinski definition) is 2. The van der Waals surface area contributed by atoms with Gasteiger partial charge in [-0.3, -0.25) is 14.3 Å². The van der Waals surface area contributed by atoms with Crippen molar-refractivity contribution in [2.24, 2.45) is 0 Å². The molecule has 1 aromatic heterocycles. The Labute approximate surface area is 156 Å². The van der Waals surface area contributed by atoms with Gasteiger partial charge in [0.05, 0.1) is 30.2 Å². The summed E-state index contributed by atoms with van der Waals surface area (Å²) in [6, 6.07) is 12.6. The number of anilines is 2. The van der Waals surface area contributed by atoms with Crippen LogP contribution in [0.4, 0.5) is 11.4 Å². The molecule has 0 aliphatic carbocycles.